The SMILES string of the molecule is CC(O)CNCc1ccccc1OCc1ccc(F)cc1Cl. The molecule has 2 rings (SSSR count). The first-order valence-corrected chi connectivity index (χ1v) is 7.47. The summed E-state index contributed by atoms with van der Waals surface area (Å²) in [6.45, 7) is 3.11. The van der Waals surface area contributed by atoms with E-state index in [-0.39, 0.29) is 12.4 Å². The Balaban J connectivity index is 2.00. The molecule has 5 heteroatoms. The number of hydrogen-bond acceptors (Lipinski definition) is 3. The number of aliphatic hydroxyl groups is 1. The maximum Gasteiger partial charge on any atom is 0.124 e. The van der Waals surface area contributed by atoms with Gasteiger partial charge in [0.1, 0.15) is 18.2 Å². The minimum absolute atomic E-state index is 0.270. The normalized spacial score (nSPS) is 12.2. The molecule has 1 unspecified atom stereocenters. The van der Waals surface area contributed by atoms with Gasteiger partial charge in [0.2, 0.25) is 0 Å². The van der Waals surface area contributed by atoms with E-state index in [4.69, 9.17) is 16.3 Å². The Hall–Kier alpha value is -1.62. The van der Waals surface area contributed by atoms with Gasteiger partial charge in [0, 0.05) is 24.2 Å². The lowest BCUT2D eigenvalue weighted by Gasteiger charge is -2.13. The first-order chi connectivity index (χ1) is 10.6. The average Bonchev–Trinajstić information content (AvgIpc) is 2.47. The molecule has 0 radical (unpaired) electrons. The van der Waals surface area contributed by atoms with Crippen LogP contribution >= 0.6 is 11.6 Å². The standard InChI is InChI=1S/C17H19ClFNO2/c1-12(21)9-20-10-13-4-2-3-5-17(13)22-11-14-6-7-15(19)8-16(14)18/h2-8,12,20-21H,9-11H2,1H3. The molecule has 118 valence electrons. The molecule has 2 aromatic carbocycles. The Kier molecular flexibility index (Phi) is 6.19. The van der Waals surface area contributed by atoms with Crippen LogP contribution in [0.5, 0.6) is 5.75 Å². The highest BCUT2D eigenvalue weighted by molar-refractivity contribution is 6.31. The molecule has 0 fully saturated rings. The number of hydrogen-bond donors (Lipinski definition) is 2. The summed E-state index contributed by atoms with van der Waals surface area (Å²) >= 11 is 5.99. The van der Waals surface area contributed by atoms with Crippen molar-refractivity contribution in [1.82, 2.24) is 5.32 Å². The fourth-order valence-electron chi connectivity index (χ4n) is 2.00. The van der Waals surface area contributed by atoms with Crippen LogP contribution in [0.1, 0.15) is 18.1 Å². The predicted molar refractivity (Wildman–Crippen MR) is 85.6 cm³/mol. The molecule has 0 spiro atoms. The van der Waals surface area contributed by atoms with Gasteiger partial charge in [-0.05, 0) is 25.1 Å². The van der Waals surface area contributed by atoms with Crippen LogP contribution in [-0.4, -0.2) is 17.8 Å². The first kappa shape index (κ1) is 16.7. The Morgan fingerprint density at radius 1 is 1.23 bits per heavy atom. The first-order valence-electron chi connectivity index (χ1n) is 7.09. The minimum Gasteiger partial charge on any atom is -0.489 e. The fraction of sp³-hybridized carbons (Fsp3) is 0.294. The zero-order chi connectivity index (χ0) is 15.9. The van der Waals surface area contributed by atoms with Crippen molar-refractivity contribution >= 4 is 11.6 Å². The van der Waals surface area contributed by atoms with Gasteiger partial charge in [0.25, 0.3) is 0 Å². The molecular weight excluding hydrogens is 305 g/mol. The summed E-state index contributed by atoms with van der Waals surface area (Å²) in [5.41, 5.74) is 1.72. The van der Waals surface area contributed by atoms with Crippen LogP contribution in [-0.2, 0) is 13.2 Å². The molecule has 22 heavy (non-hydrogen) atoms. The van der Waals surface area contributed by atoms with E-state index in [9.17, 15) is 9.50 Å². The van der Waals surface area contributed by atoms with Crippen LogP contribution in [0, 0.1) is 5.82 Å². The predicted octanol–water partition coefficient (Wildman–Crippen LogP) is 3.53. The molecule has 0 aliphatic rings. The minimum atomic E-state index is -0.397. The number of para-hydroxylation sites is 1. The van der Waals surface area contributed by atoms with Gasteiger partial charge in [0.05, 0.1) is 11.1 Å². The summed E-state index contributed by atoms with van der Waals surface area (Å²) < 4.78 is 18.8. The van der Waals surface area contributed by atoms with Crippen LogP contribution in [0.3, 0.4) is 0 Å². The number of halogens is 2. The Bertz CT molecular complexity index is 619. The molecule has 0 saturated carbocycles. The molecule has 2 aromatic rings. The van der Waals surface area contributed by atoms with E-state index in [1.165, 1.54) is 12.1 Å². The van der Waals surface area contributed by atoms with Crippen molar-refractivity contribution in [3.63, 3.8) is 0 Å². The van der Waals surface area contributed by atoms with Crippen molar-refractivity contribution in [1.29, 1.82) is 0 Å². The van der Waals surface area contributed by atoms with Crippen LogP contribution in [0.25, 0.3) is 0 Å². The zero-order valence-electron chi connectivity index (χ0n) is 12.4. The highest BCUT2D eigenvalue weighted by atomic mass is 35.5. The molecule has 0 aliphatic carbocycles. The van der Waals surface area contributed by atoms with E-state index in [2.05, 4.69) is 5.32 Å². The summed E-state index contributed by atoms with van der Waals surface area (Å²) in [4.78, 5) is 0. The van der Waals surface area contributed by atoms with Crippen LogP contribution in [0.2, 0.25) is 5.02 Å². The number of ether oxygens (including phenoxy) is 1. The summed E-state index contributed by atoms with van der Waals surface area (Å²) in [6.07, 6.45) is -0.397. The van der Waals surface area contributed by atoms with Crippen LogP contribution in [0.15, 0.2) is 42.5 Å². The molecule has 2 N–H and O–H groups in total. The Morgan fingerprint density at radius 2 is 2.00 bits per heavy atom. The third-order valence-corrected chi connectivity index (χ3v) is 3.48. The summed E-state index contributed by atoms with van der Waals surface area (Å²) in [7, 11) is 0. The quantitative estimate of drug-likeness (QED) is 0.819. The van der Waals surface area contributed by atoms with Crippen LogP contribution in [0.4, 0.5) is 4.39 Å². The summed E-state index contributed by atoms with van der Waals surface area (Å²) in [5.74, 6) is 0.373. The second-order valence-corrected chi connectivity index (χ2v) is 5.52. The van der Waals surface area contributed by atoms with E-state index in [1.807, 2.05) is 24.3 Å². The Labute approximate surface area is 134 Å². The Morgan fingerprint density at radius 3 is 2.73 bits per heavy atom. The molecule has 0 saturated heterocycles. The van der Waals surface area contributed by atoms with Crippen molar-refractivity contribution in [3.05, 3.63) is 64.4 Å². The molecule has 1 atom stereocenters. The van der Waals surface area contributed by atoms with Crippen molar-refractivity contribution in [2.75, 3.05) is 6.54 Å². The number of rotatable bonds is 7. The van der Waals surface area contributed by atoms with Crippen molar-refractivity contribution in [2.45, 2.75) is 26.2 Å². The van der Waals surface area contributed by atoms with E-state index in [1.54, 1.807) is 13.0 Å². The van der Waals surface area contributed by atoms with E-state index >= 15 is 0 Å². The molecule has 0 bridgehead atoms. The monoisotopic (exact) mass is 323 g/mol. The lowest BCUT2D eigenvalue weighted by molar-refractivity contribution is 0.190. The van der Waals surface area contributed by atoms with Crippen molar-refractivity contribution in [3.8, 4) is 5.75 Å². The third kappa shape index (κ3) is 4.98. The summed E-state index contributed by atoms with van der Waals surface area (Å²) in [5, 5.41) is 12.8. The van der Waals surface area contributed by atoms with Gasteiger partial charge in [-0.15, -0.1) is 0 Å². The van der Waals surface area contributed by atoms with Gasteiger partial charge in [0.15, 0.2) is 0 Å². The van der Waals surface area contributed by atoms with Gasteiger partial charge in [-0.25, -0.2) is 4.39 Å². The third-order valence-electron chi connectivity index (χ3n) is 3.13. The van der Waals surface area contributed by atoms with Crippen molar-refractivity contribution in [2.24, 2.45) is 0 Å². The highest BCUT2D eigenvalue weighted by Gasteiger charge is 2.06. The average molecular weight is 324 g/mol. The fourth-order valence-corrected chi connectivity index (χ4v) is 2.22. The molecule has 0 aliphatic heterocycles. The van der Waals surface area contributed by atoms with E-state index in [0.717, 1.165) is 16.9 Å². The molecule has 3 nitrogen and oxygen atoms in total. The lowest BCUT2D eigenvalue weighted by atomic mass is 10.2. The van der Waals surface area contributed by atoms with Crippen LogP contribution < -0.4 is 10.1 Å². The molecule has 0 aromatic heterocycles. The van der Waals surface area contributed by atoms with Gasteiger partial charge >= 0.3 is 0 Å². The van der Waals surface area contributed by atoms with Gasteiger partial charge in [-0.1, -0.05) is 35.9 Å². The zero-order valence-corrected chi connectivity index (χ0v) is 13.1. The highest BCUT2D eigenvalue weighted by Crippen LogP contribution is 2.22. The van der Waals surface area contributed by atoms with Gasteiger partial charge in [-0.2, -0.15) is 0 Å². The van der Waals surface area contributed by atoms with Crippen molar-refractivity contribution < 1.29 is 14.2 Å². The maximum atomic E-state index is 13.0. The number of nitrogens with one attached hydrogen (secondary N) is 1. The number of aliphatic hydroxyl groups excluding tert-OH is 1. The topological polar surface area (TPSA) is 41.5 Å². The second kappa shape index (κ2) is 8.13. The second-order valence-electron chi connectivity index (χ2n) is 5.11. The van der Waals surface area contributed by atoms with Gasteiger partial charge in [-0.3, -0.25) is 0 Å². The molecule has 0 heterocycles. The molecule has 0 amide bonds. The van der Waals surface area contributed by atoms with Gasteiger partial charge < -0.3 is 15.2 Å². The van der Waals surface area contributed by atoms with E-state index in [0.29, 0.717) is 18.1 Å². The maximum absolute atomic E-state index is 13.0. The largest absolute Gasteiger partial charge is 0.489 e. The smallest absolute Gasteiger partial charge is 0.124 e. The lowest BCUT2D eigenvalue weighted by Crippen LogP contribution is -2.24. The number of benzene rings is 2. The summed E-state index contributed by atoms with van der Waals surface area (Å²) in [6, 6.07) is 11.9. The molecular formula is C17H19ClFNO2. The van der Waals surface area contributed by atoms with E-state index < -0.39 is 6.10 Å².